The van der Waals surface area contributed by atoms with Crippen LogP contribution in [-0.2, 0) is 6.18 Å². The van der Waals surface area contributed by atoms with Crippen LogP contribution in [0.1, 0.15) is 27.3 Å². The van der Waals surface area contributed by atoms with Gasteiger partial charge in [0.05, 0.1) is 29.1 Å². The molecule has 0 aliphatic heterocycles. The van der Waals surface area contributed by atoms with Crippen molar-refractivity contribution in [1.29, 1.82) is 5.26 Å². The predicted molar refractivity (Wildman–Crippen MR) is 117 cm³/mol. The Bertz CT molecular complexity index is 1510. The minimum Gasteiger partial charge on any atom is -0.422 e. The fourth-order valence-electron chi connectivity index (χ4n) is 3.29. The Balaban J connectivity index is 1.90. The third-order valence-corrected chi connectivity index (χ3v) is 4.93. The highest BCUT2D eigenvalue weighted by molar-refractivity contribution is 5.89. The number of carbonyl (C=O) groups excluding carboxylic acids is 1. The number of hydrogen-bond acceptors (Lipinski definition) is 7. The highest BCUT2D eigenvalue weighted by Crippen LogP contribution is 2.31. The van der Waals surface area contributed by atoms with Gasteiger partial charge in [0.2, 0.25) is 5.69 Å². The number of nitriles is 1. The van der Waals surface area contributed by atoms with Crippen LogP contribution in [0.4, 0.5) is 13.2 Å². The first kappa shape index (κ1) is 23.3. The van der Waals surface area contributed by atoms with Crippen molar-refractivity contribution in [2.45, 2.75) is 13.1 Å². The molecule has 174 valence electrons. The molecule has 0 saturated carbocycles. The molecule has 0 atom stereocenters. The topological polar surface area (TPSA) is 111 Å². The van der Waals surface area contributed by atoms with Gasteiger partial charge in [-0.2, -0.15) is 18.4 Å². The summed E-state index contributed by atoms with van der Waals surface area (Å²) in [5.74, 6) is -1.09. The lowest BCUT2D eigenvalue weighted by atomic mass is 10.1. The van der Waals surface area contributed by atoms with E-state index in [2.05, 4.69) is 15.0 Å². The minimum atomic E-state index is -4.65. The van der Waals surface area contributed by atoms with Gasteiger partial charge < -0.3 is 4.74 Å². The van der Waals surface area contributed by atoms with Crippen LogP contribution in [0.15, 0.2) is 71.9 Å². The largest absolute Gasteiger partial charge is 0.422 e. The van der Waals surface area contributed by atoms with Gasteiger partial charge in [-0.25, -0.2) is 9.78 Å². The number of alkyl halides is 3. The summed E-state index contributed by atoms with van der Waals surface area (Å²) in [4.78, 5) is 38.4. The summed E-state index contributed by atoms with van der Waals surface area (Å²) in [6, 6.07) is 11.6. The van der Waals surface area contributed by atoms with E-state index in [1.165, 1.54) is 55.8 Å². The van der Waals surface area contributed by atoms with E-state index in [0.29, 0.717) is 5.56 Å². The summed E-state index contributed by atoms with van der Waals surface area (Å²) >= 11 is 0. The fraction of sp³-hybridized carbons (Fsp3) is 0.0833. The van der Waals surface area contributed by atoms with Crippen LogP contribution in [0, 0.1) is 18.3 Å². The molecule has 11 heteroatoms. The molecule has 0 unspecified atom stereocenters. The molecule has 0 aliphatic carbocycles. The molecule has 4 rings (SSSR count). The Labute approximate surface area is 195 Å². The smallest absolute Gasteiger partial charge is 0.416 e. The zero-order valence-electron chi connectivity index (χ0n) is 17.9. The van der Waals surface area contributed by atoms with E-state index in [1.807, 2.05) is 6.07 Å². The van der Waals surface area contributed by atoms with Crippen molar-refractivity contribution >= 4 is 5.97 Å². The number of rotatable bonds is 4. The van der Waals surface area contributed by atoms with E-state index in [9.17, 15) is 22.8 Å². The van der Waals surface area contributed by atoms with Crippen LogP contribution < -0.4 is 10.3 Å². The highest BCUT2D eigenvalue weighted by Gasteiger charge is 2.31. The van der Waals surface area contributed by atoms with Gasteiger partial charge in [0.15, 0.2) is 0 Å². The minimum absolute atomic E-state index is 0.0439. The molecule has 0 amide bonds. The Morgan fingerprint density at radius 2 is 1.86 bits per heavy atom. The van der Waals surface area contributed by atoms with Crippen LogP contribution in [0.5, 0.6) is 5.75 Å². The molecule has 35 heavy (non-hydrogen) atoms. The average Bonchev–Trinajstić information content (AvgIpc) is 2.85. The zero-order chi connectivity index (χ0) is 25.2. The van der Waals surface area contributed by atoms with E-state index in [4.69, 9.17) is 10.00 Å². The maximum Gasteiger partial charge on any atom is 0.416 e. The third kappa shape index (κ3) is 4.77. The summed E-state index contributed by atoms with van der Waals surface area (Å²) < 4.78 is 46.1. The second kappa shape index (κ2) is 9.18. The van der Waals surface area contributed by atoms with E-state index in [0.717, 1.165) is 22.8 Å². The molecule has 2 aromatic heterocycles. The second-order valence-electron chi connectivity index (χ2n) is 7.20. The molecular formula is C24H14F3N5O3. The molecule has 2 heterocycles. The standard InChI is InChI=1S/C24H14F3N5O3/c1-14-20(19-13-29-9-10-30-19)31-21(23(34)35-18-7-5-15(12-28)6-8-18)22(33)32(14)17-4-2-3-16(11-17)24(25,26)27/h2-11,13H,1H3. The molecule has 8 nitrogen and oxygen atoms in total. The molecular weight excluding hydrogens is 463 g/mol. The lowest BCUT2D eigenvalue weighted by Crippen LogP contribution is -2.31. The number of ether oxygens (including phenoxy) is 1. The molecule has 0 N–H and O–H groups in total. The summed E-state index contributed by atoms with van der Waals surface area (Å²) in [5, 5.41) is 8.90. The lowest BCUT2D eigenvalue weighted by Gasteiger charge is -2.16. The highest BCUT2D eigenvalue weighted by atomic mass is 19.4. The Morgan fingerprint density at radius 1 is 1.11 bits per heavy atom. The molecule has 0 fully saturated rings. The fourth-order valence-corrected chi connectivity index (χ4v) is 3.29. The van der Waals surface area contributed by atoms with E-state index >= 15 is 0 Å². The van der Waals surface area contributed by atoms with Crippen LogP contribution >= 0.6 is 0 Å². The number of carbonyl (C=O) groups is 1. The lowest BCUT2D eigenvalue weighted by molar-refractivity contribution is -0.137. The van der Waals surface area contributed by atoms with Crippen LogP contribution in [-0.4, -0.2) is 25.5 Å². The molecule has 0 saturated heterocycles. The Kier molecular flexibility index (Phi) is 6.12. The molecule has 4 aromatic rings. The third-order valence-electron chi connectivity index (χ3n) is 4.93. The first-order valence-electron chi connectivity index (χ1n) is 9.99. The van der Waals surface area contributed by atoms with Crippen molar-refractivity contribution in [1.82, 2.24) is 19.5 Å². The number of hydrogen-bond donors (Lipinski definition) is 0. The van der Waals surface area contributed by atoms with Gasteiger partial charge in [0.1, 0.15) is 17.1 Å². The van der Waals surface area contributed by atoms with Crippen molar-refractivity contribution in [2.75, 3.05) is 0 Å². The molecule has 0 radical (unpaired) electrons. The van der Waals surface area contributed by atoms with Gasteiger partial charge in [0.25, 0.3) is 5.56 Å². The van der Waals surface area contributed by atoms with Gasteiger partial charge in [-0.15, -0.1) is 0 Å². The van der Waals surface area contributed by atoms with Gasteiger partial charge in [-0.3, -0.25) is 19.3 Å². The zero-order valence-corrected chi connectivity index (χ0v) is 17.9. The van der Waals surface area contributed by atoms with Crippen molar-refractivity contribution < 1.29 is 22.7 Å². The van der Waals surface area contributed by atoms with Crippen molar-refractivity contribution in [3.8, 4) is 28.9 Å². The van der Waals surface area contributed by atoms with E-state index in [-0.39, 0.29) is 28.5 Å². The first-order chi connectivity index (χ1) is 16.7. The van der Waals surface area contributed by atoms with Gasteiger partial charge in [0, 0.05) is 18.1 Å². The number of nitrogens with zero attached hydrogens (tertiary/aromatic N) is 5. The number of esters is 1. The van der Waals surface area contributed by atoms with E-state index < -0.39 is 29.0 Å². The Morgan fingerprint density at radius 3 is 2.49 bits per heavy atom. The Hall–Kier alpha value is -4.85. The maximum atomic E-state index is 13.3. The molecule has 0 aliphatic rings. The number of benzene rings is 2. The van der Waals surface area contributed by atoms with E-state index in [1.54, 1.807) is 0 Å². The second-order valence-corrected chi connectivity index (χ2v) is 7.20. The predicted octanol–water partition coefficient (Wildman–Crippen LogP) is 4.11. The molecule has 0 spiro atoms. The SMILES string of the molecule is Cc1c(-c2cnccn2)nc(C(=O)Oc2ccc(C#N)cc2)c(=O)n1-c1cccc(C(F)(F)F)c1. The summed E-state index contributed by atoms with van der Waals surface area (Å²) in [6.07, 6.45) is -0.537. The monoisotopic (exact) mass is 477 g/mol. The van der Waals surface area contributed by atoms with Crippen molar-refractivity contribution in [3.05, 3.63) is 100.0 Å². The summed E-state index contributed by atoms with van der Waals surface area (Å²) in [7, 11) is 0. The summed E-state index contributed by atoms with van der Waals surface area (Å²) in [5.41, 5.74) is -2.02. The van der Waals surface area contributed by atoms with Crippen LogP contribution in [0.25, 0.3) is 17.1 Å². The molecule has 0 bridgehead atoms. The molecule has 2 aromatic carbocycles. The first-order valence-corrected chi connectivity index (χ1v) is 9.99. The summed E-state index contributed by atoms with van der Waals surface area (Å²) in [6.45, 7) is 1.47. The quantitative estimate of drug-likeness (QED) is 0.321. The van der Waals surface area contributed by atoms with Gasteiger partial charge >= 0.3 is 12.1 Å². The van der Waals surface area contributed by atoms with Crippen LogP contribution in [0.2, 0.25) is 0 Å². The van der Waals surface area contributed by atoms with Gasteiger partial charge in [-0.1, -0.05) is 6.07 Å². The maximum absolute atomic E-state index is 13.3. The normalized spacial score (nSPS) is 11.1. The van der Waals surface area contributed by atoms with Gasteiger partial charge in [-0.05, 0) is 49.4 Å². The van der Waals surface area contributed by atoms with Crippen molar-refractivity contribution in [2.24, 2.45) is 0 Å². The van der Waals surface area contributed by atoms with Crippen LogP contribution in [0.3, 0.4) is 0 Å². The number of aromatic nitrogens is 4. The average molecular weight is 477 g/mol. The van der Waals surface area contributed by atoms with Crippen molar-refractivity contribution in [3.63, 3.8) is 0 Å². The number of halogens is 3.